The molecule has 2 N–H and O–H groups in total. The fraction of sp³-hybridized carbons (Fsp3) is 0.333. The number of carboxylic acids is 1. The Labute approximate surface area is 159 Å². The van der Waals surface area contributed by atoms with E-state index in [4.69, 9.17) is 14.6 Å². The molecule has 0 unspecified atom stereocenters. The molecule has 0 saturated carbocycles. The number of amides is 1. The number of aliphatic carboxylic acids is 1. The van der Waals surface area contributed by atoms with Gasteiger partial charge in [-0.05, 0) is 49.1 Å². The van der Waals surface area contributed by atoms with Crippen molar-refractivity contribution in [3.63, 3.8) is 0 Å². The lowest BCUT2D eigenvalue weighted by Gasteiger charge is -2.17. The smallest absolute Gasteiger partial charge is 0.341 e. The Morgan fingerprint density at radius 3 is 2.48 bits per heavy atom. The van der Waals surface area contributed by atoms with E-state index in [0.717, 1.165) is 16.8 Å². The first-order valence-electron chi connectivity index (χ1n) is 8.85. The number of aryl methyl sites for hydroxylation is 1. The Hall–Kier alpha value is -3.02. The summed E-state index contributed by atoms with van der Waals surface area (Å²) in [7, 11) is 0. The van der Waals surface area contributed by atoms with Crippen molar-refractivity contribution in [1.29, 1.82) is 0 Å². The van der Waals surface area contributed by atoms with Crippen LogP contribution in [0.25, 0.3) is 0 Å². The van der Waals surface area contributed by atoms with Crippen molar-refractivity contribution in [3.8, 4) is 11.5 Å². The second-order valence-electron chi connectivity index (χ2n) is 6.42. The van der Waals surface area contributed by atoms with Crippen LogP contribution in [-0.2, 0) is 4.79 Å². The molecule has 0 aliphatic heterocycles. The lowest BCUT2D eigenvalue weighted by molar-refractivity contribution is -0.139. The van der Waals surface area contributed by atoms with E-state index in [9.17, 15) is 9.59 Å². The third-order valence-corrected chi connectivity index (χ3v) is 4.02. The van der Waals surface area contributed by atoms with Gasteiger partial charge in [-0.25, -0.2) is 4.79 Å². The molecule has 2 aromatic rings. The largest absolute Gasteiger partial charge is 0.490 e. The number of carbonyl (C=O) groups excluding carboxylic acids is 1. The minimum atomic E-state index is -1.08. The maximum absolute atomic E-state index is 12.8. The van der Waals surface area contributed by atoms with E-state index in [0.29, 0.717) is 17.9 Å². The molecular weight excluding hydrogens is 346 g/mol. The third-order valence-electron chi connectivity index (χ3n) is 4.02. The van der Waals surface area contributed by atoms with Crippen LogP contribution in [0.3, 0.4) is 0 Å². The zero-order valence-electron chi connectivity index (χ0n) is 16.0. The van der Waals surface area contributed by atoms with Gasteiger partial charge in [0.25, 0.3) is 5.91 Å². The maximum Gasteiger partial charge on any atom is 0.341 e. The summed E-state index contributed by atoms with van der Waals surface area (Å²) in [5, 5.41) is 11.8. The summed E-state index contributed by atoms with van der Waals surface area (Å²) in [4.78, 5) is 23.5. The van der Waals surface area contributed by atoms with E-state index in [1.165, 1.54) is 0 Å². The van der Waals surface area contributed by atoms with Crippen LogP contribution in [0.1, 0.15) is 48.2 Å². The summed E-state index contributed by atoms with van der Waals surface area (Å²) < 4.78 is 10.7. The zero-order valence-corrected chi connectivity index (χ0v) is 16.0. The topological polar surface area (TPSA) is 84.9 Å². The predicted octanol–water partition coefficient (Wildman–Crippen LogP) is 4.23. The van der Waals surface area contributed by atoms with Crippen molar-refractivity contribution in [2.24, 2.45) is 0 Å². The molecule has 0 aliphatic rings. The molecule has 6 nitrogen and oxygen atoms in total. The lowest BCUT2D eigenvalue weighted by Crippen LogP contribution is -2.15. The molecule has 144 valence electrons. The summed E-state index contributed by atoms with van der Waals surface area (Å²) in [5.41, 5.74) is 3.26. The predicted molar refractivity (Wildman–Crippen MR) is 104 cm³/mol. The summed E-state index contributed by atoms with van der Waals surface area (Å²) in [6, 6.07) is 10.6. The molecule has 0 atom stereocenters. The van der Waals surface area contributed by atoms with Gasteiger partial charge < -0.3 is 19.9 Å². The molecule has 6 heteroatoms. The first kappa shape index (κ1) is 20.3. The van der Waals surface area contributed by atoms with Gasteiger partial charge in [-0.1, -0.05) is 32.0 Å². The number of ether oxygens (including phenoxy) is 2. The number of para-hydroxylation sites is 1. The highest BCUT2D eigenvalue weighted by molar-refractivity contribution is 6.05. The Bertz CT molecular complexity index is 829. The van der Waals surface area contributed by atoms with Gasteiger partial charge in [-0.3, -0.25) is 4.79 Å². The summed E-state index contributed by atoms with van der Waals surface area (Å²) in [6.07, 6.45) is 0. The van der Waals surface area contributed by atoms with E-state index in [1.54, 1.807) is 25.1 Å². The molecule has 27 heavy (non-hydrogen) atoms. The number of anilines is 1. The summed E-state index contributed by atoms with van der Waals surface area (Å²) in [5.74, 6) is -0.460. The molecule has 0 aromatic heterocycles. The van der Waals surface area contributed by atoms with Crippen LogP contribution >= 0.6 is 0 Å². The quantitative estimate of drug-likeness (QED) is 0.725. The molecule has 0 spiro atoms. The standard InChI is InChI=1S/C21H25NO5/c1-5-26-18-11-15(9-10-17(18)27-12-19(23)24)21(25)22-20-14(4)7-6-8-16(20)13(2)3/h6-11,13H,5,12H2,1-4H3,(H,22,25)(H,23,24). The second kappa shape index (κ2) is 9.07. The molecule has 1 amide bonds. The number of carboxylic acid groups (broad SMARTS) is 1. The van der Waals surface area contributed by atoms with E-state index in [-0.39, 0.29) is 17.6 Å². The Morgan fingerprint density at radius 2 is 1.85 bits per heavy atom. The van der Waals surface area contributed by atoms with E-state index in [2.05, 4.69) is 19.2 Å². The minimum Gasteiger partial charge on any atom is -0.490 e. The molecule has 0 heterocycles. The van der Waals surface area contributed by atoms with Crippen LogP contribution in [0, 0.1) is 6.92 Å². The molecule has 0 aliphatic carbocycles. The van der Waals surface area contributed by atoms with Gasteiger partial charge in [-0.2, -0.15) is 0 Å². The molecule has 0 bridgehead atoms. The van der Waals surface area contributed by atoms with Gasteiger partial charge in [0.05, 0.1) is 6.61 Å². The Balaban J connectivity index is 2.29. The average Bonchev–Trinajstić information content (AvgIpc) is 2.62. The minimum absolute atomic E-state index is 0.267. The molecule has 2 aromatic carbocycles. The maximum atomic E-state index is 12.8. The van der Waals surface area contributed by atoms with Crippen molar-refractivity contribution < 1.29 is 24.2 Å². The van der Waals surface area contributed by atoms with Crippen LogP contribution in [0.4, 0.5) is 5.69 Å². The van der Waals surface area contributed by atoms with Gasteiger partial charge in [0.2, 0.25) is 0 Å². The zero-order chi connectivity index (χ0) is 20.0. The SMILES string of the molecule is CCOc1cc(C(=O)Nc2c(C)cccc2C(C)C)ccc1OCC(=O)O. The van der Waals surface area contributed by atoms with E-state index in [1.807, 2.05) is 25.1 Å². The number of hydrogen-bond donors (Lipinski definition) is 2. The first-order valence-corrected chi connectivity index (χ1v) is 8.85. The van der Waals surface area contributed by atoms with E-state index < -0.39 is 12.6 Å². The summed E-state index contributed by atoms with van der Waals surface area (Å²) in [6.45, 7) is 7.79. The normalized spacial score (nSPS) is 10.6. The van der Waals surface area contributed by atoms with Crippen LogP contribution in [0.5, 0.6) is 11.5 Å². The third kappa shape index (κ3) is 5.23. The molecule has 0 radical (unpaired) electrons. The van der Waals surface area contributed by atoms with Crippen LogP contribution in [0.15, 0.2) is 36.4 Å². The molecule has 0 fully saturated rings. The van der Waals surface area contributed by atoms with Gasteiger partial charge >= 0.3 is 5.97 Å². The van der Waals surface area contributed by atoms with E-state index >= 15 is 0 Å². The molecule has 0 saturated heterocycles. The van der Waals surface area contributed by atoms with Gasteiger partial charge in [0.1, 0.15) is 0 Å². The Morgan fingerprint density at radius 1 is 1.11 bits per heavy atom. The Kier molecular flexibility index (Phi) is 6.82. The molecular formula is C21H25NO5. The number of rotatable bonds is 8. The number of nitrogens with one attached hydrogen (secondary N) is 1. The summed E-state index contributed by atoms with van der Waals surface area (Å²) >= 11 is 0. The van der Waals surface area contributed by atoms with Crippen molar-refractivity contribution in [1.82, 2.24) is 0 Å². The number of hydrogen-bond acceptors (Lipinski definition) is 4. The lowest BCUT2D eigenvalue weighted by atomic mass is 9.98. The fourth-order valence-corrected chi connectivity index (χ4v) is 2.70. The second-order valence-corrected chi connectivity index (χ2v) is 6.42. The van der Waals surface area contributed by atoms with Crippen molar-refractivity contribution in [2.75, 3.05) is 18.5 Å². The fourth-order valence-electron chi connectivity index (χ4n) is 2.70. The number of carbonyl (C=O) groups is 2. The van der Waals surface area contributed by atoms with Gasteiger partial charge in [0, 0.05) is 11.3 Å². The molecule has 2 rings (SSSR count). The monoisotopic (exact) mass is 371 g/mol. The highest BCUT2D eigenvalue weighted by Crippen LogP contribution is 2.31. The number of benzene rings is 2. The van der Waals surface area contributed by atoms with Crippen LogP contribution < -0.4 is 14.8 Å². The van der Waals surface area contributed by atoms with Crippen molar-refractivity contribution in [3.05, 3.63) is 53.1 Å². The highest BCUT2D eigenvalue weighted by atomic mass is 16.5. The van der Waals surface area contributed by atoms with Crippen molar-refractivity contribution >= 4 is 17.6 Å². The van der Waals surface area contributed by atoms with Gasteiger partial charge in [0.15, 0.2) is 18.1 Å². The van der Waals surface area contributed by atoms with Gasteiger partial charge in [-0.15, -0.1) is 0 Å². The van der Waals surface area contributed by atoms with Crippen molar-refractivity contribution in [2.45, 2.75) is 33.6 Å². The highest BCUT2D eigenvalue weighted by Gasteiger charge is 2.16. The average molecular weight is 371 g/mol. The first-order chi connectivity index (χ1) is 12.8. The van der Waals surface area contributed by atoms with Crippen LogP contribution in [0.2, 0.25) is 0 Å². The van der Waals surface area contributed by atoms with Crippen LogP contribution in [-0.4, -0.2) is 30.2 Å².